The van der Waals surface area contributed by atoms with Gasteiger partial charge in [0.25, 0.3) is 0 Å². The van der Waals surface area contributed by atoms with Crippen LogP contribution in [-0.4, -0.2) is 7.05 Å². The normalized spacial score (nSPS) is 11.2. The highest BCUT2D eigenvalue weighted by molar-refractivity contribution is 5.85. The number of nitrogens with one attached hydrogen (secondary N) is 1. The van der Waals surface area contributed by atoms with Crippen molar-refractivity contribution in [1.82, 2.24) is 5.32 Å². The van der Waals surface area contributed by atoms with Crippen LogP contribution in [0.1, 0.15) is 22.3 Å². The minimum absolute atomic E-state index is 0. The number of aryl methyl sites for hydroxylation is 2. The topological polar surface area (TPSA) is 12.0 Å². The van der Waals surface area contributed by atoms with Gasteiger partial charge >= 0.3 is 6.18 Å². The molecule has 0 fully saturated rings. The minimum Gasteiger partial charge on any atom is -0.316 e. The predicted octanol–water partition coefficient (Wildman–Crippen LogP) is 5.13. The molecule has 1 nitrogen and oxygen atoms in total. The van der Waals surface area contributed by atoms with Gasteiger partial charge in [-0.3, -0.25) is 0 Å². The number of hydrogen-bond donors (Lipinski definition) is 1. The van der Waals surface area contributed by atoms with Crippen LogP contribution in [0.2, 0.25) is 0 Å². The summed E-state index contributed by atoms with van der Waals surface area (Å²) in [7, 11) is 1.89. The van der Waals surface area contributed by atoms with E-state index in [0.717, 1.165) is 40.9 Å². The summed E-state index contributed by atoms with van der Waals surface area (Å²) in [6.07, 6.45) is -4.29. The van der Waals surface area contributed by atoms with Gasteiger partial charge in [-0.25, -0.2) is 0 Å². The second-order valence-corrected chi connectivity index (χ2v) is 5.19. The third-order valence-corrected chi connectivity index (χ3v) is 3.60. The summed E-state index contributed by atoms with van der Waals surface area (Å²) < 4.78 is 37.7. The molecule has 2 rings (SSSR count). The Morgan fingerprint density at radius 1 is 0.909 bits per heavy atom. The molecule has 0 aliphatic rings. The lowest BCUT2D eigenvalue weighted by Crippen LogP contribution is -2.08. The van der Waals surface area contributed by atoms with Crippen molar-refractivity contribution in [2.75, 3.05) is 7.05 Å². The Kier molecular flexibility index (Phi) is 6.03. The molecule has 0 aromatic heterocycles. The fraction of sp³-hybridized carbons (Fsp3) is 0.294. The van der Waals surface area contributed by atoms with Crippen molar-refractivity contribution in [2.45, 2.75) is 26.6 Å². The first kappa shape index (κ1) is 18.5. The van der Waals surface area contributed by atoms with Crippen molar-refractivity contribution in [1.29, 1.82) is 0 Å². The van der Waals surface area contributed by atoms with E-state index in [1.807, 2.05) is 33.0 Å². The van der Waals surface area contributed by atoms with Gasteiger partial charge in [0.2, 0.25) is 0 Å². The second-order valence-electron chi connectivity index (χ2n) is 5.19. The fourth-order valence-electron chi connectivity index (χ4n) is 2.47. The fourth-order valence-corrected chi connectivity index (χ4v) is 2.47. The lowest BCUT2D eigenvalue weighted by molar-refractivity contribution is -0.137. The standard InChI is InChI=1S/C17H18F3N.ClH/c1-11-8-14(9-12(2)16(11)10-21-3)13-4-6-15(7-5-13)17(18,19)20;/h4-9,21H,10H2,1-3H3;1H. The van der Waals surface area contributed by atoms with Crippen molar-refractivity contribution in [3.05, 3.63) is 58.7 Å². The van der Waals surface area contributed by atoms with Crippen LogP contribution in [0.25, 0.3) is 11.1 Å². The maximum Gasteiger partial charge on any atom is 0.416 e. The Labute approximate surface area is 135 Å². The van der Waals surface area contributed by atoms with Crippen molar-refractivity contribution in [3.63, 3.8) is 0 Å². The molecule has 0 saturated heterocycles. The van der Waals surface area contributed by atoms with Crippen LogP contribution in [0.5, 0.6) is 0 Å². The Hall–Kier alpha value is -1.52. The molecule has 0 atom stereocenters. The molecule has 0 unspecified atom stereocenters. The molecular formula is C17H19ClF3N. The quantitative estimate of drug-likeness (QED) is 0.823. The van der Waals surface area contributed by atoms with Gasteiger partial charge in [-0.2, -0.15) is 13.2 Å². The van der Waals surface area contributed by atoms with Gasteiger partial charge < -0.3 is 5.32 Å². The largest absolute Gasteiger partial charge is 0.416 e. The number of hydrogen-bond acceptors (Lipinski definition) is 1. The van der Waals surface area contributed by atoms with E-state index < -0.39 is 11.7 Å². The lowest BCUT2D eigenvalue weighted by Gasteiger charge is -2.13. The first-order valence-corrected chi connectivity index (χ1v) is 6.75. The third kappa shape index (κ3) is 4.02. The highest BCUT2D eigenvalue weighted by Crippen LogP contribution is 2.32. The van der Waals surface area contributed by atoms with Gasteiger partial charge in [0.05, 0.1) is 5.56 Å². The summed E-state index contributed by atoms with van der Waals surface area (Å²) >= 11 is 0. The van der Waals surface area contributed by atoms with Gasteiger partial charge in [0.15, 0.2) is 0 Å². The van der Waals surface area contributed by atoms with Crippen LogP contribution in [0.3, 0.4) is 0 Å². The first-order valence-electron chi connectivity index (χ1n) is 6.75. The van der Waals surface area contributed by atoms with E-state index in [2.05, 4.69) is 5.32 Å². The van der Waals surface area contributed by atoms with Crippen molar-refractivity contribution < 1.29 is 13.2 Å². The molecule has 0 aliphatic heterocycles. The second kappa shape index (κ2) is 7.16. The van der Waals surface area contributed by atoms with Crippen LogP contribution in [0.15, 0.2) is 36.4 Å². The molecule has 0 spiro atoms. The van der Waals surface area contributed by atoms with E-state index in [4.69, 9.17) is 0 Å². The lowest BCUT2D eigenvalue weighted by atomic mass is 9.95. The number of benzene rings is 2. The van der Waals surface area contributed by atoms with E-state index in [-0.39, 0.29) is 12.4 Å². The highest BCUT2D eigenvalue weighted by atomic mass is 35.5. The van der Waals surface area contributed by atoms with Crippen LogP contribution >= 0.6 is 12.4 Å². The van der Waals surface area contributed by atoms with Crippen molar-refractivity contribution in [3.8, 4) is 11.1 Å². The Bertz CT molecular complexity index is 610. The summed E-state index contributed by atoms with van der Waals surface area (Å²) in [5, 5.41) is 3.12. The molecule has 22 heavy (non-hydrogen) atoms. The van der Waals surface area contributed by atoms with Crippen LogP contribution in [0.4, 0.5) is 13.2 Å². The summed E-state index contributed by atoms with van der Waals surface area (Å²) in [5.41, 5.74) is 4.63. The minimum atomic E-state index is -4.29. The SMILES string of the molecule is CNCc1c(C)cc(-c2ccc(C(F)(F)F)cc2)cc1C.Cl. The molecule has 120 valence electrons. The molecule has 0 amide bonds. The third-order valence-electron chi connectivity index (χ3n) is 3.60. The Balaban J connectivity index is 0.00000242. The smallest absolute Gasteiger partial charge is 0.316 e. The van der Waals surface area contributed by atoms with Gasteiger partial charge in [-0.1, -0.05) is 24.3 Å². The summed E-state index contributed by atoms with van der Waals surface area (Å²) in [5.74, 6) is 0. The predicted molar refractivity (Wildman–Crippen MR) is 86.4 cm³/mol. The molecule has 5 heteroatoms. The highest BCUT2D eigenvalue weighted by Gasteiger charge is 2.29. The molecule has 0 heterocycles. The van der Waals surface area contributed by atoms with Gasteiger partial charge in [-0.05, 0) is 60.8 Å². The molecular weight excluding hydrogens is 311 g/mol. The molecule has 1 N–H and O–H groups in total. The average molecular weight is 330 g/mol. The maximum absolute atomic E-state index is 12.6. The zero-order chi connectivity index (χ0) is 15.6. The van der Waals surface area contributed by atoms with Crippen LogP contribution in [-0.2, 0) is 12.7 Å². The van der Waals surface area contributed by atoms with E-state index >= 15 is 0 Å². The van der Waals surface area contributed by atoms with Crippen LogP contribution in [0, 0.1) is 13.8 Å². The molecule has 0 aliphatic carbocycles. The summed E-state index contributed by atoms with van der Waals surface area (Å²) in [6.45, 7) is 4.82. The summed E-state index contributed by atoms with van der Waals surface area (Å²) in [6, 6.07) is 9.33. The van der Waals surface area contributed by atoms with E-state index in [1.165, 1.54) is 17.7 Å². The molecule has 2 aromatic rings. The van der Waals surface area contributed by atoms with Gasteiger partial charge in [-0.15, -0.1) is 12.4 Å². The number of rotatable bonds is 3. The number of alkyl halides is 3. The molecule has 0 radical (unpaired) electrons. The molecule has 0 bridgehead atoms. The average Bonchev–Trinajstić information content (AvgIpc) is 2.42. The van der Waals surface area contributed by atoms with Crippen molar-refractivity contribution >= 4 is 12.4 Å². The van der Waals surface area contributed by atoms with Gasteiger partial charge in [0.1, 0.15) is 0 Å². The number of halogens is 4. The van der Waals surface area contributed by atoms with Crippen LogP contribution < -0.4 is 5.32 Å². The zero-order valence-corrected chi connectivity index (χ0v) is 13.5. The monoisotopic (exact) mass is 329 g/mol. The summed E-state index contributed by atoms with van der Waals surface area (Å²) in [4.78, 5) is 0. The van der Waals surface area contributed by atoms with E-state index in [0.29, 0.717) is 0 Å². The van der Waals surface area contributed by atoms with E-state index in [9.17, 15) is 13.2 Å². The van der Waals surface area contributed by atoms with E-state index in [1.54, 1.807) is 0 Å². The first-order chi connectivity index (χ1) is 9.82. The Morgan fingerprint density at radius 2 is 1.41 bits per heavy atom. The zero-order valence-electron chi connectivity index (χ0n) is 12.7. The van der Waals surface area contributed by atoms with Crippen molar-refractivity contribution in [2.24, 2.45) is 0 Å². The Morgan fingerprint density at radius 3 is 1.82 bits per heavy atom. The molecule has 0 saturated carbocycles. The molecule has 2 aromatic carbocycles. The maximum atomic E-state index is 12.6. The van der Waals surface area contributed by atoms with Gasteiger partial charge in [0, 0.05) is 6.54 Å².